The van der Waals surface area contributed by atoms with Gasteiger partial charge in [0.25, 0.3) is 0 Å². The molecule has 2 heterocycles. The molecule has 0 saturated carbocycles. The smallest absolute Gasteiger partial charge is 0.307 e. The summed E-state index contributed by atoms with van der Waals surface area (Å²) in [5, 5.41) is 1.22. The highest BCUT2D eigenvalue weighted by Gasteiger charge is 2.25. The van der Waals surface area contributed by atoms with Crippen LogP contribution in [-0.4, -0.2) is 62.8 Å². The molecule has 0 spiro atoms. The largest absolute Gasteiger partial charge is 0.494 e. The molecule has 9 heteroatoms. The van der Waals surface area contributed by atoms with Crippen LogP contribution in [0.3, 0.4) is 0 Å². The summed E-state index contributed by atoms with van der Waals surface area (Å²) in [6, 6.07) is 11.6. The summed E-state index contributed by atoms with van der Waals surface area (Å²) < 4.78 is 11.2. The van der Waals surface area contributed by atoms with Crippen molar-refractivity contribution >= 4 is 46.5 Å². The third kappa shape index (κ3) is 6.64. The zero-order valence-electron chi connectivity index (χ0n) is 20.7. The molecule has 2 aliphatic rings. The number of piperazine rings is 1. The average molecular weight is 534 g/mol. The lowest BCUT2D eigenvalue weighted by Gasteiger charge is -2.36. The molecule has 0 bridgehead atoms. The third-order valence-electron chi connectivity index (χ3n) is 6.68. The second kappa shape index (κ2) is 12.7. The minimum Gasteiger partial charge on any atom is -0.494 e. The van der Waals surface area contributed by atoms with E-state index in [1.165, 1.54) is 4.90 Å². The Morgan fingerprint density at radius 3 is 2.58 bits per heavy atom. The molecular weight excluding hydrogens is 501 g/mol. The van der Waals surface area contributed by atoms with Gasteiger partial charge in [-0.2, -0.15) is 0 Å². The van der Waals surface area contributed by atoms with Crippen LogP contribution < -0.4 is 14.5 Å². The first kappa shape index (κ1) is 26.6. The summed E-state index contributed by atoms with van der Waals surface area (Å²) >= 11 is 12.5. The molecule has 1 fully saturated rings. The van der Waals surface area contributed by atoms with Crippen LogP contribution in [0.2, 0.25) is 10.0 Å². The van der Waals surface area contributed by atoms with E-state index in [-0.39, 0.29) is 25.0 Å². The molecule has 0 aromatic heterocycles. The SMILES string of the molecule is CCC(=O)OCN1C(=O)CCc2ccc(OCCCCN3CCN(c4cccc(Cl)c4Cl)CC3)cc21. The van der Waals surface area contributed by atoms with Gasteiger partial charge in [-0.15, -0.1) is 0 Å². The van der Waals surface area contributed by atoms with E-state index in [1.807, 2.05) is 36.4 Å². The summed E-state index contributed by atoms with van der Waals surface area (Å²) in [5.41, 5.74) is 2.84. The van der Waals surface area contributed by atoms with E-state index in [0.29, 0.717) is 29.5 Å². The zero-order chi connectivity index (χ0) is 25.5. The van der Waals surface area contributed by atoms with Crippen molar-refractivity contribution in [2.45, 2.75) is 39.0 Å². The third-order valence-corrected chi connectivity index (χ3v) is 7.49. The molecule has 7 nitrogen and oxygen atoms in total. The first-order chi connectivity index (χ1) is 17.5. The Hall–Kier alpha value is -2.48. The molecule has 0 atom stereocenters. The fraction of sp³-hybridized carbons (Fsp3) is 0.481. The summed E-state index contributed by atoms with van der Waals surface area (Å²) in [6.07, 6.45) is 3.36. The number of benzene rings is 2. The first-order valence-electron chi connectivity index (χ1n) is 12.6. The Kier molecular flexibility index (Phi) is 9.35. The molecule has 0 unspecified atom stereocenters. The Morgan fingerprint density at radius 2 is 1.81 bits per heavy atom. The van der Waals surface area contributed by atoms with Crippen molar-refractivity contribution in [1.29, 1.82) is 0 Å². The number of carbonyl (C=O) groups excluding carboxylic acids is 2. The van der Waals surface area contributed by atoms with Gasteiger partial charge in [-0.1, -0.05) is 42.3 Å². The number of ether oxygens (including phenoxy) is 2. The van der Waals surface area contributed by atoms with Gasteiger partial charge in [0.1, 0.15) is 5.75 Å². The number of rotatable bonds is 10. The van der Waals surface area contributed by atoms with Gasteiger partial charge in [-0.3, -0.25) is 19.4 Å². The lowest BCUT2D eigenvalue weighted by molar-refractivity contribution is -0.143. The van der Waals surface area contributed by atoms with E-state index in [9.17, 15) is 9.59 Å². The van der Waals surface area contributed by atoms with E-state index >= 15 is 0 Å². The van der Waals surface area contributed by atoms with Crippen LogP contribution in [0, 0.1) is 0 Å². The van der Waals surface area contributed by atoms with Crippen LogP contribution in [0.25, 0.3) is 0 Å². The zero-order valence-corrected chi connectivity index (χ0v) is 22.2. The van der Waals surface area contributed by atoms with Crippen LogP contribution in [-0.2, 0) is 20.7 Å². The highest BCUT2D eigenvalue weighted by Crippen LogP contribution is 2.33. The Morgan fingerprint density at radius 1 is 1.00 bits per heavy atom. The number of carbonyl (C=O) groups is 2. The second-order valence-electron chi connectivity index (χ2n) is 9.07. The van der Waals surface area contributed by atoms with E-state index in [0.717, 1.165) is 68.3 Å². The number of esters is 1. The minimum absolute atomic E-state index is 0.0405. The fourth-order valence-electron chi connectivity index (χ4n) is 4.56. The molecule has 2 aliphatic heterocycles. The molecule has 36 heavy (non-hydrogen) atoms. The minimum atomic E-state index is -0.322. The summed E-state index contributed by atoms with van der Waals surface area (Å²) in [5.74, 6) is 0.362. The number of amides is 1. The molecule has 1 amide bonds. The maximum atomic E-state index is 12.4. The topological polar surface area (TPSA) is 62.3 Å². The number of nitrogens with zero attached hydrogens (tertiary/aromatic N) is 3. The number of fused-ring (bicyclic) bond motifs is 1. The fourth-order valence-corrected chi connectivity index (χ4v) is 4.98. The lowest BCUT2D eigenvalue weighted by atomic mass is 10.0. The van der Waals surface area contributed by atoms with E-state index in [4.69, 9.17) is 32.7 Å². The van der Waals surface area contributed by atoms with Gasteiger partial charge in [0.05, 0.1) is 28.0 Å². The van der Waals surface area contributed by atoms with Gasteiger partial charge in [0, 0.05) is 45.1 Å². The highest BCUT2D eigenvalue weighted by molar-refractivity contribution is 6.43. The van der Waals surface area contributed by atoms with Crippen LogP contribution in [0.4, 0.5) is 11.4 Å². The van der Waals surface area contributed by atoms with Gasteiger partial charge in [-0.25, -0.2) is 0 Å². The van der Waals surface area contributed by atoms with Crippen LogP contribution in [0.1, 0.15) is 38.2 Å². The maximum absolute atomic E-state index is 12.4. The van der Waals surface area contributed by atoms with Gasteiger partial charge in [-0.05, 0) is 49.6 Å². The Bertz CT molecular complexity index is 1070. The number of halogens is 2. The molecule has 4 rings (SSSR count). The highest BCUT2D eigenvalue weighted by atomic mass is 35.5. The van der Waals surface area contributed by atoms with Crippen molar-refractivity contribution in [3.05, 3.63) is 52.0 Å². The van der Waals surface area contributed by atoms with E-state index in [1.54, 1.807) is 6.92 Å². The van der Waals surface area contributed by atoms with E-state index < -0.39 is 0 Å². The Labute approximate surface area is 222 Å². The lowest BCUT2D eigenvalue weighted by Crippen LogP contribution is -2.46. The number of hydrogen-bond acceptors (Lipinski definition) is 6. The summed E-state index contributed by atoms with van der Waals surface area (Å²) in [7, 11) is 0. The molecule has 194 valence electrons. The predicted octanol–water partition coefficient (Wildman–Crippen LogP) is 5.16. The molecule has 2 aromatic carbocycles. The van der Waals surface area contributed by atoms with Crippen LogP contribution in [0.15, 0.2) is 36.4 Å². The number of unbranched alkanes of at least 4 members (excludes halogenated alkanes) is 1. The average Bonchev–Trinajstić information content (AvgIpc) is 2.89. The van der Waals surface area contributed by atoms with Crippen molar-refractivity contribution in [2.75, 3.05) is 55.9 Å². The number of anilines is 2. The molecular formula is C27H33Cl2N3O4. The van der Waals surface area contributed by atoms with Crippen molar-refractivity contribution in [3.8, 4) is 5.75 Å². The second-order valence-corrected chi connectivity index (χ2v) is 9.85. The van der Waals surface area contributed by atoms with Crippen molar-refractivity contribution in [3.63, 3.8) is 0 Å². The molecule has 0 aliphatic carbocycles. The molecule has 0 radical (unpaired) electrons. The predicted molar refractivity (Wildman–Crippen MR) is 143 cm³/mol. The first-order valence-corrected chi connectivity index (χ1v) is 13.3. The van der Waals surface area contributed by atoms with Gasteiger partial charge < -0.3 is 14.4 Å². The van der Waals surface area contributed by atoms with Gasteiger partial charge in [0.2, 0.25) is 5.91 Å². The molecule has 0 N–H and O–H groups in total. The summed E-state index contributed by atoms with van der Waals surface area (Å²) in [6.45, 7) is 7.13. The standard InChI is InChI=1S/C27H33Cl2N3O4/c1-2-26(34)36-19-32-24-18-21(10-8-20(24)9-11-25(32)33)35-17-4-3-12-30-13-15-31(16-14-30)23-7-5-6-22(28)27(23)29/h5-8,10,18H,2-4,9,11-17,19H2,1H3. The quantitative estimate of drug-likeness (QED) is 0.310. The number of aryl methyl sites for hydroxylation is 1. The molecule has 1 saturated heterocycles. The Balaban J connectivity index is 1.20. The van der Waals surface area contributed by atoms with Crippen molar-refractivity contribution in [1.82, 2.24) is 4.90 Å². The summed E-state index contributed by atoms with van der Waals surface area (Å²) in [4.78, 5) is 30.3. The van der Waals surface area contributed by atoms with Gasteiger partial charge >= 0.3 is 5.97 Å². The monoisotopic (exact) mass is 533 g/mol. The van der Waals surface area contributed by atoms with Crippen molar-refractivity contribution < 1.29 is 19.1 Å². The maximum Gasteiger partial charge on any atom is 0.307 e. The van der Waals surface area contributed by atoms with E-state index in [2.05, 4.69) is 9.80 Å². The van der Waals surface area contributed by atoms with Crippen molar-refractivity contribution in [2.24, 2.45) is 0 Å². The van der Waals surface area contributed by atoms with Gasteiger partial charge in [0.15, 0.2) is 6.73 Å². The normalized spacial score (nSPS) is 16.1. The molecule has 2 aromatic rings. The number of hydrogen-bond donors (Lipinski definition) is 0. The van der Waals surface area contributed by atoms with Crippen LogP contribution in [0.5, 0.6) is 5.75 Å². The van der Waals surface area contributed by atoms with Crippen LogP contribution >= 0.6 is 23.2 Å².